The van der Waals surface area contributed by atoms with Crippen LogP contribution in [0.25, 0.3) is 10.2 Å². The maximum Gasteiger partial charge on any atom is 0.184 e. The molecule has 1 nitrogen and oxygen atoms in total. The summed E-state index contributed by atoms with van der Waals surface area (Å²) >= 11 is 9.03. The van der Waals surface area contributed by atoms with Gasteiger partial charge in [-0.1, -0.05) is 17.7 Å². The molecule has 0 aliphatic rings. The first-order chi connectivity index (χ1) is 5.81. The lowest BCUT2D eigenvalue weighted by Crippen LogP contribution is -1.72. The van der Waals surface area contributed by atoms with Gasteiger partial charge in [-0.05, 0) is 18.4 Å². The van der Waals surface area contributed by atoms with E-state index in [2.05, 4.69) is 11.1 Å². The zero-order valence-electron chi connectivity index (χ0n) is 6.37. The van der Waals surface area contributed by atoms with Gasteiger partial charge >= 0.3 is 0 Å². The van der Waals surface area contributed by atoms with Crippen molar-refractivity contribution in [2.75, 3.05) is 6.26 Å². The van der Waals surface area contributed by atoms with Crippen molar-refractivity contribution in [1.29, 1.82) is 0 Å². The van der Waals surface area contributed by atoms with Gasteiger partial charge in [0.05, 0.1) is 10.2 Å². The maximum absolute atomic E-state index is 5.81. The van der Waals surface area contributed by atoms with Crippen LogP contribution in [0.4, 0.5) is 0 Å². The number of para-hydroxylation sites is 1. The lowest BCUT2D eigenvalue weighted by molar-refractivity contribution is 1.41. The van der Waals surface area contributed by atoms with Gasteiger partial charge in [0.25, 0.3) is 0 Å². The Hall–Kier alpha value is -0.250. The molecule has 0 N–H and O–H groups in total. The van der Waals surface area contributed by atoms with Crippen molar-refractivity contribution >= 4 is 44.9 Å². The van der Waals surface area contributed by atoms with E-state index < -0.39 is 0 Å². The van der Waals surface area contributed by atoms with E-state index >= 15 is 0 Å². The first-order valence-corrected chi connectivity index (χ1v) is 5.82. The molecular formula is C8H6ClNS2. The van der Waals surface area contributed by atoms with Crippen LogP contribution in [-0.2, 0) is 0 Å². The van der Waals surface area contributed by atoms with Crippen molar-refractivity contribution in [2.45, 2.75) is 4.90 Å². The molecule has 0 unspecified atom stereocenters. The van der Waals surface area contributed by atoms with E-state index in [1.165, 1.54) is 16.2 Å². The van der Waals surface area contributed by atoms with E-state index in [1.807, 2.05) is 18.4 Å². The summed E-state index contributed by atoms with van der Waals surface area (Å²) in [7, 11) is 0. The highest BCUT2D eigenvalue weighted by atomic mass is 35.5. The molecule has 12 heavy (non-hydrogen) atoms. The van der Waals surface area contributed by atoms with Gasteiger partial charge in [0.1, 0.15) is 0 Å². The lowest BCUT2D eigenvalue weighted by Gasteiger charge is -1.94. The smallest absolute Gasteiger partial charge is 0.184 e. The normalized spacial score (nSPS) is 10.8. The molecule has 0 atom stereocenters. The number of halogens is 1. The highest BCUT2D eigenvalue weighted by Crippen LogP contribution is 2.31. The van der Waals surface area contributed by atoms with E-state index in [-0.39, 0.29) is 0 Å². The summed E-state index contributed by atoms with van der Waals surface area (Å²) < 4.78 is 1.78. The second-order valence-corrected chi connectivity index (χ2v) is 4.73. The van der Waals surface area contributed by atoms with E-state index in [4.69, 9.17) is 11.6 Å². The number of fused-ring (bicyclic) bond motifs is 1. The Morgan fingerprint density at radius 3 is 3.08 bits per heavy atom. The third-order valence-corrected chi connectivity index (χ3v) is 3.47. The van der Waals surface area contributed by atoms with Crippen molar-refractivity contribution in [1.82, 2.24) is 4.98 Å². The minimum absolute atomic E-state index is 0.617. The summed E-state index contributed by atoms with van der Waals surface area (Å²) in [6.07, 6.45) is 2.04. The Bertz CT molecular complexity index is 410. The molecule has 2 rings (SSSR count). The van der Waals surface area contributed by atoms with Crippen LogP contribution in [0.15, 0.2) is 23.1 Å². The standard InChI is InChI=1S/C8H6ClNS2/c1-11-5-3-2-4-6-7(5)10-8(9)12-6/h2-4H,1H3. The van der Waals surface area contributed by atoms with E-state index in [1.54, 1.807) is 11.8 Å². The molecule has 1 heterocycles. The fourth-order valence-corrected chi connectivity index (χ4v) is 2.74. The zero-order valence-corrected chi connectivity index (χ0v) is 8.76. The van der Waals surface area contributed by atoms with Crippen molar-refractivity contribution in [3.8, 4) is 0 Å². The number of hydrogen-bond acceptors (Lipinski definition) is 3. The van der Waals surface area contributed by atoms with Crippen LogP contribution in [-0.4, -0.2) is 11.2 Å². The SMILES string of the molecule is CSc1cccc2sc(Cl)nc12. The molecule has 62 valence electrons. The van der Waals surface area contributed by atoms with Gasteiger partial charge in [-0.2, -0.15) is 0 Å². The van der Waals surface area contributed by atoms with E-state index in [0.29, 0.717) is 4.47 Å². The summed E-state index contributed by atoms with van der Waals surface area (Å²) in [6, 6.07) is 6.13. The van der Waals surface area contributed by atoms with Gasteiger partial charge in [0.15, 0.2) is 4.47 Å². The monoisotopic (exact) mass is 215 g/mol. The predicted octanol–water partition coefficient (Wildman–Crippen LogP) is 3.67. The molecule has 1 aromatic heterocycles. The first-order valence-electron chi connectivity index (χ1n) is 3.40. The predicted molar refractivity (Wildman–Crippen MR) is 56.4 cm³/mol. The van der Waals surface area contributed by atoms with Crippen molar-refractivity contribution in [2.24, 2.45) is 0 Å². The number of thiazole rings is 1. The first kappa shape index (κ1) is 8.35. The fourth-order valence-electron chi connectivity index (χ4n) is 1.06. The molecule has 0 fully saturated rings. The van der Waals surface area contributed by atoms with Crippen LogP contribution in [0.2, 0.25) is 4.47 Å². The molecule has 0 saturated carbocycles. The van der Waals surface area contributed by atoms with E-state index in [0.717, 1.165) is 10.2 Å². The van der Waals surface area contributed by atoms with Gasteiger partial charge in [-0.25, -0.2) is 4.98 Å². The molecule has 0 bridgehead atoms. The summed E-state index contributed by atoms with van der Waals surface area (Å²) in [5.74, 6) is 0. The Labute approximate surface area is 83.8 Å². The Balaban J connectivity index is 2.78. The molecular weight excluding hydrogens is 210 g/mol. The Morgan fingerprint density at radius 1 is 1.50 bits per heavy atom. The number of aromatic nitrogens is 1. The highest BCUT2D eigenvalue weighted by molar-refractivity contribution is 7.98. The molecule has 1 aromatic carbocycles. The molecule has 0 spiro atoms. The van der Waals surface area contributed by atoms with Crippen LogP contribution in [0.3, 0.4) is 0 Å². The van der Waals surface area contributed by atoms with Crippen LogP contribution in [0.5, 0.6) is 0 Å². The van der Waals surface area contributed by atoms with Crippen LogP contribution >= 0.6 is 34.7 Å². The largest absolute Gasteiger partial charge is 0.224 e. The molecule has 0 aliphatic heterocycles. The minimum atomic E-state index is 0.617. The molecule has 0 saturated heterocycles. The lowest BCUT2D eigenvalue weighted by atomic mass is 10.3. The number of rotatable bonds is 1. The molecule has 0 amide bonds. The molecule has 2 aromatic rings. The van der Waals surface area contributed by atoms with E-state index in [9.17, 15) is 0 Å². The number of hydrogen-bond donors (Lipinski definition) is 0. The summed E-state index contributed by atoms with van der Waals surface area (Å²) in [6.45, 7) is 0. The average Bonchev–Trinajstić information content (AvgIpc) is 2.44. The number of nitrogens with zero attached hydrogens (tertiary/aromatic N) is 1. The van der Waals surface area contributed by atoms with Gasteiger partial charge < -0.3 is 0 Å². The average molecular weight is 216 g/mol. The maximum atomic E-state index is 5.81. The molecule has 0 aliphatic carbocycles. The quantitative estimate of drug-likeness (QED) is 0.674. The van der Waals surface area contributed by atoms with Crippen molar-refractivity contribution in [3.63, 3.8) is 0 Å². The molecule has 4 heteroatoms. The second-order valence-electron chi connectivity index (χ2n) is 2.27. The molecule has 0 radical (unpaired) electrons. The third-order valence-electron chi connectivity index (χ3n) is 1.58. The van der Waals surface area contributed by atoms with Gasteiger partial charge in [-0.15, -0.1) is 23.1 Å². The van der Waals surface area contributed by atoms with Crippen molar-refractivity contribution < 1.29 is 0 Å². The minimum Gasteiger partial charge on any atom is -0.224 e. The van der Waals surface area contributed by atoms with Crippen LogP contribution in [0.1, 0.15) is 0 Å². The van der Waals surface area contributed by atoms with Crippen LogP contribution in [0, 0.1) is 0 Å². The van der Waals surface area contributed by atoms with Crippen LogP contribution < -0.4 is 0 Å². The fraction of sp³-hybridized carbons (Fsp3) is 0.125. The zero-order chi connectivity index (χ0) is 8.55. The van der Waals surface area contributed by atoms with Gasteiger partial charge in [0, 0.05) is 4.90 Å². The van der Waals surface area contributed by atoms with Gasteiger partial charge in [-0.3, -0.25) is 0 Å². The van der Waals surface area contributed by atoms with Crippen molar-refractivity contribution in [3.05, 3.63) is 22.7 Å². The number of benzene rings is 1. The Kier molecular flexibility index (Phi) is 2.26. The summed E-state index contributed by atoms with van der Waals surface area (Å²) in [4.78, 5) is 5.44. The summed E-state index contributed by atoms with van der Waals surface area (Å²) in [5.41, 5.74) is 1.03. The summed E-state index contributed by atoms with van der Waals surface area (Å²) in [5, 5.41) is 0. The highest BCUT2D eigenvalue weighted by Gasteiger charge is 2.04. The van der Waals surface area contributed by atoms with Gasteiger partial charge in [0.2, 0.25) is 0 Å². The topological polar surface area (TPSA) is 12.9 Å². The third kappa shape index (κ3) is 1.32. The number of thioether (sulfide) groups is 1. The Morgan fingerprint density at radius 2 is 2.33 bits per heavy atom. The second kappa shape index (κ2) is 3.24.